The topological polar surface area (TPSA) is 21.3 Å². The maximum atomic E-state index is 5.01. The molecule has 92 valence electrons. The first-order valence-corrected chi connectivity index (χ1v) is 6.80. The van der Waals surface area contributed by atoms with Crippen LogP contribution < -0.4 is 5.32 Å². The molecular weight excluding hydrogens is 206 g/mol. The van der Waals surface area contributed by atoms with Crippen LogP contribution >= 0.6 is 11.8 Å². The molecule has 15 heavy (non-hydrogen) atoms. The third-order valence-corrected chi connectivity index (χ3v) is 3.57. The third-order valence-electron chi connectivity index (χ3n) is 2.03. The van der Waals surface area contributed by atoms with Crippen LogP contribution in [0.2, 0.25) is 0 Å². The van der Waals surface area contributed by atoms with Crippen LogP contribution in [0.4, 0.5) is 0 Å². The van der Waals surface area contributed by atoms with Gasteiger partial charge in [-0.1, -0.05) is 20.8 Å². The van der Waals surface area contributed by atoms with Crippen molar-refractivity contribution in [3.05, 3.63) is 0 Å². The van der Waals surface area contributed by atoms with Crippen LogP contribution in [-0.2, 0) is 4.74 Å². The molecule has 0 aliphatic heterocycles. The van der Waals surface area contributed by atoms with Crippen molar-refractivity contribution in [2.75, 3.05) is 26.0 Å². The van der Waals surface area contributed by atoms with E-state index in [1.54, 1.807) is 7.11 Å². The molecule has 0 heterocycles. The Hall–Kier alpha value is 0.270. The molecule has 0 radical (unpaired) electrons. The summed E-state index contributed by atoms with van der Waals surface area (Å²) >= 11 is 2.02. The summed E-state index contributed by atoms with van der Waals surface area (Å²) in [6.45, 7) is 11.0. The molecule has 3 heteroatoms. The average Bonchev–Trinajstić information content (AvgIpc) is 2.13. The largest absolute Gasteiger partial charge is 0.385 e. The molecule has 0 aromatic heterocycles. The van der Waals surface area contributed by atoms with E-state index in [4.69, 9.17) is 4.74 Å². The Labute approximate surface area is 99.5 Å². The molecule has 1 unspecified atom stereocenters. The van der Waals surface area contributed by atoms with E-state index in [0.717, 1.165) is 19.6 Å². The highest BCUT2D eigenvalue weighted by Crippen LogP contribution is 2.23. The number of hydrogen-bond donors (Lipinski definition) is 1. The molecule has 0 saturated heterocycles. The summed E-state index contributed by atoms with van der Waals surface area (Å²) in [7, 11) is 1.76. The van der Waals surface area contributed by atoms with E-state index in [-0.39, 0.29) is 0 Å². The second-order valence-corrected chi connectivity index (χ2v) is 6.83. The molecule has 0 aliphatic carbocycles. The van der Waals surface area contributed by atoms with Gasteiger partial charge in [-0.2, -0.15) is 11.8 Å². The van der Waals surface area contributed by atoms with E-state index >= 15 is 0 Å². The van der Waals surface area contributed by atoms with Gasteiger partial charge in [-0.3, -0.25) is 0 Å². The number of ether oxygens (including phenoxy) is 1. The Morgan fingerprint density at radius 2 is 1.93 bits per heavy atom. The lowest BCUT2D eigenvalue weighted by Gasteiger charge is -2.21. The van der Waals surface area contributed by atoms with E-state index in [2.05, 4.69) is 33.0 Å². The SMILES string of the molecule is COCCCCNC(C)CSC(C)(C)C. The van der Waals surface area contributed by atoms with Gasteiger partial charge in [0.05, 0.1) is 0 Å². The van der Waals surface area contributed by atoms with Gasteiger partial charge in [0, 0.05) is 30.3 Å². The van der Waals surface area contributed by atoms with E-state index in [1.165, 1.54) is 12.2 Å². The second-order valence-electron chi connectivity index (χ2n) is 4.98. The Morgan fingerprint density at radius 3 is 2.47 bits per heavy atom. The third kappa shape index (κ3) is 12.2. The standard InChI is InChI=1S/C12H27NOS/c1-11(10-15-12(2,3)4)13-8-6-7-9-14-5/h11,13H,6-10H2,1-5H3. The first-order chi connectivity index (χ1) is 6.95. The molecule has 0 saturated carbocycles. The zero-order valence-corrected chi connectivity index (χ0v) is 11.7. The molecular formula is C12H27NOS. The quantitative estimate of drug-likeness (QED) is 0.651. The van der Waals surface area contributed by atoms with Gasteiger partial charge in [-0.15, -0.1) is 0 Å². The van der Waals surface area contributed by atoms with Gasteiger partial charge in [0.2, 0.25) is 0 Å². The maximum absolute atomic E-state index is 5.01. The fourth-order valence-electron chi connectivity index (χ4n) is 1.15. The predicted octanol–water partition coefficient (Wildman–Crippen LogP) is 2.92. The second kappa shape index (κ2) is 8.43. The van der Waals surface area contributed by atoms with Gasteiger partial charge in [-0.05, 0) is 26.3 Å². The lowest BCUT2D eigenvalue weighted by molar-refractivity contribution is 0.192. The lowest BCUT2D eigenvalue weighted by Crippen LogP contribution is -2.30. The number of hydrogen-bond acceptors (Lipinski definition) is 3. The summed E-state index contributed by atoms with van der Waals surface area (Å²) < 4.78 is 5.39. The van der Waals surface area contributed by atoms with Crippen LogP contribution in [0.15, 0.2) is 0 Å². The van der Waals surface area contributed by atoms with Gasteiger partial charge in [0.15, 0.2) is 0 Å². The molecule has 0 aliphatic rings. The van der Waals surface area contributed by atoms with Gasteiger partial charge in [-0.25, -0.2) is 0 Å². The molecule has 0 aromatic rings. The highest BCUT2D eigenvalue weighted by Gasteiger charge is 2.12. The Bertz CT molecular complexity index is 145. The Morgan fingerprint density at radius 1 is 1.27 bits per heavy atom. The van der Waals surface area contributed by atoms with Crippen molar-refractivity contribution in [3.63, 3.8) is 0 Å². The Kier molecular flexibility index (Phi) is 8.58. The average molecular weight is 233 g/mol. The lowest BCUT2D eigenvalue weighted by atomic mass is 10.3. The minimum Gasteiger partial charge on any atom is -0.385 e. The summed E-state index contributed by atoms with van der Waals surface area (Å²) in [6, 6.07) is 0.608. The smallest absolute Gasteiger partial charge is 0.0462 e. The van der Waals surface area contributed by atoms with Crippen molar-refractivity contribution in [2.45, 2.75) is 51.3 Å². The Balaban J connectivity index is 3.30. The van der Waals surface area contributed by atoms with E-state index < -0.39 is 0 Å². The molecule has 0 amide bonds. The van der Waals surface area contributed by atoms with Crippen LogP contribution in [-0.4, -0.2) is 36.8 Å². The van der Waals surface area contributed by atoms with E-state index in [1.807, 2.05) is 11.8 Å². The van der Waals surface area contributed by atoms with Crippen LogP contribution in [0.1, 0.15) is 40.5 Å². The minimum absolute atomic E-state index is 0.381. The zero-order valence-electron chi connectivity index (χ0n) is 10.9. The van der Waals surface area contributed by atoms with Gasteiger partial charge in [0.25, 0.3) is 0 Å². The molecule has 0 bridgehead atoms. The van der Waals surface area contributed by atoms with Crippen molar-refractivity contribution in [1.82, 2.24) is 5.32 Å². The van der Waals surface area contributed by atoms with Crippen LogP contribution in [0.25, 0.3) is 0 Å². The summed E-state index contributed by atoms with van der Waals surface area (Å²) in [5, 5.41) is 3.54. The molecule has 1 N–H and O–H groups in total. The molecule has 2 nitrogen and oxygen atoms in total. The highest BCUT2D eigenvalue weighted by atomic mass is 32.2. The monoisotopic (exact) mass is 233 g/mol. The molecule has 0 aromatic carbocycles. The summed E-state index contributed by atoms with van der Waals surface area (Å²) in [5.74, 6) is 1.19. The van der Waals surface area contributed by atoms with Crippen molar-refractivity contribution >= 4 is 11.8 Å². The van der Waals surface area contributed by atoms with Crippen LogP contribution in [0.5, 0.6) is 0 Å². The molecule has 0 spiro atoms. The predicted molar refractivity (Wildman–Crippen MR) is 70.8 cm³/mol. The molecule has 0 fully saturated rings. The summed E-state index contributed by atoms with van der Waals surface area (Å²) in [5.41, 5.74) is 0. The number of rotatable bonds is 8. The van der Waals surface area contributed by atoms with Crippen molar-refractivity contribution in [2.24, 2.45) is 0 Å². The van der Waals surface area contributed by atoms with Gasteiger partial charge in [0.1, 0.15) is 0 Å². The van der Waals surface area contributed by atoms with Crippen molar-refractivity contribution in [3.8, 4) is 0 Å². The van der Waals surface area contributed by atoms with E-state index in [0.29, 0.717) is 10.8 Å². The van der Waals surface area contributed by atoms with Crippen LogP contribution in [0, 0.1) is 0 Å². The number of unbranched alkanes of at least 4 members (excludes halogenated alkanes) is 1. The first-order valence-electron chi connectivity index (χ1n) is 5.82. The molecule has 1 atom stereocenters. The van der Waals surface area contributed by atoms with Gasteiger partial charge >= 0.3 is 0 Å². The van der Waals surface area contributed by atoms with Crippen LogP contribution in [0.3, 0.4) is 0 Å². The zero-order chi connectivity index (χ0) is 11.7. The first kappa shape index (κ1) is 15.3. The normalized spacial score (nSPS) is 14.2. The number of nitrogens with one attached hydrogen (secondary N) is 1. The summed E-state index contributed by atoms with van der Waals surface area (Å²) in [6.07, 6.45) is 2.36. The van der Waals surface area contributed by atoms with E-state index in [9.17, 15) is 0 Å². The fraction of sp³-hybridized carbons (Fsp3) is 1.00. The summed E-state index contributed by atoms with van der Waals surface area (Å²) in [4.78, 5) is 0. The van der Waals surface area contributed by atoms with Gasteiger partial charge < -0.3 is 10.1 Å². The minimum atomic E-state index is 0.381. The van der Waals surface area contributed by atoms with Crippen molar-refractivity contribution < 1.29 is 4.74 Å². The molecule has 0 rings (SSSR count). The fourth-order valence-corrected chi connectivity index (χ4v) is 2.02. The van der Waals surface area contributed by atoms with Crippen molar-refractivity contribution in [1.29, 1.82) is 0 Å². The number of thioether (sulfide) groups is 1. The number of methoxy groups -OCH3 is 1. The highest BCUT2D eigenvalue weighted by molar-refractivity contribution is 8.00. The maximum Gasteiger partial charge on any atom is 0.0462 e.